The number of aliphatic hydroxyl groups is 1. The molecule has 1 unspecified atom stereocenters. The average Bonchev–Trinajstić information content (AvgIpc) is 3.69. The molecule has 1 aliphatic carbocycles. The van der Waals surface area contributed by atoms with Crippen LogP contribution in [0.15, 0.2) is 70.8 Å². The second kappa shape index (κ2) is 14.6. The van der Waals surface area contributed by atoms with Gasteiger partial charge in [0.25, 0.3) is 0 Å². The molecule has 4 atom stereocenters. The molecule has 1 aliphatic heterocycles. The predicted molar refractivity (Wildman–Crippen MR) is 196 cm³/mol. The summed E-state index contributed by atoms with van der Waals surface area (Å²) in [7, 11) is 2.83. The molecule has 4 aromatic rings. The van der Waals surface area contributed by atoms with Crippen molar-refractivity contribution in [2.45, 2.75) is 48.6 Å². The number of aromatic nitrogens is 2. The van der Waals surface area contributed by atoms with Crippen LogP contribution < -0.4 is 19.5 Å². The SMILES string of the molecule is COc1cc(OC)c2c(c1Cl)O[C@]1(C2=O)C(O)=C(C(CC(=O)N[C@@H](CCSC)c2nc3ccccc3[nH]2)c2ccc(SC)cc2)C(=O)C[C@H]1C. The van der Waals surface area contributed by atoms with Crippen LogP contribution >= 0.6 is 35.1 Å². The molecule has 3 aromatic carbocycles. The first-order valence-corrected chi connectivity index (χ1v) is 19.1. The van der Waals surface area contributed by atoms with E-state index in [0.717, 1.165) is 21.7 Å². The van der Waals surface area contributed by atoms with Gasteiger partial charge in [0, 0.05) is 41.2 Å². The van der Waals surface area contributed by atoms with Gasteiger partial charge in [-0.3, -0.25) is 14.4 Å². The molecule has 0 fully saturated rings. The third-order valence-electron chi connectivity index (χ3n) is 9.45. The Morgan fingerprint density at radius 3 is 2.52 bits per heavy atom. The Balaban J connectivity index is 1.42. The van der Waals surface area contributed by atoms with Crippen LogP contribution in [0.1, 0.15) is 59.9 Å². The number of rotatable bonds is 12. The predicted octanol–water partition coefficient (Wildman–Crippen LogP) is 7.47. The Bertz CT molecular complexity index is 1960. The van der Waals surface area contributed by atoms with Gasteiger partial charge in [-0.15, -0.1) is 11.8 Å². The zero-order valence-corrected chi connectivity index (χ0v) is 30.7. The van der Waals surface area contributed by atoms with Gasteiger partial charge in [0.05, 0.1) is 31.3 Å². The van der Waals surface area contributed by atoms with Crippen molar-refractivity contribution in [3.63, 3.8) is 0 Å². The third-order valence-corrected chi connectivity index (χ3v) is 11.2. The number of allylic oxidation sites excluding steroid dienone is 1. The molecule has 13 heteroatoms. The maximum absolute atomic E-state index is 14.4. The van der Waals surface area contributed by atoms with Crippen molar-refractivity contribution in [3.8, 4) is 17.2 Å². The van der Waals surface area contributed by atoms with E-state index < -0.39 is 35.0 Å². The molecular weight excluding hydrogens is 698 g/mol. The molecule has 1 amide bonds. The number of para-hydroxylation sites is 2. The molecule has 0 radical (unpaired) electrons. The number of benzene rings is 3. The van der Waals surface area contributed by atoms with Gasteiger partial charge >= 0.3 is 0 Å². The summed E-state index contributed by atoms with van der Waals surface area (Å²) in [6.07, 6.45) is 4.25. The van der Waals surface area contributed by atoms with Crippen LogP contribution in [0.25, 0.3) is 11.0 Å². The lowest BCUT2D eigenvalue weighted by molar-refractivity contribution is -0.122. The average molecular weight is 736 g/mol. The number of imidazole rings is 1. The van der Waals surface area contributed by atoms with Gasteiger partial charge in [-0.05, 0) is 54.5 Å². The number of aromatic amines is 1. The smallest absolute Gasteiger partial charge is 0.231 e. The number of amides is 1. The molecule has 2 aliphatic rings. The van der Waals surface area contributed by atoms with E-state index in [1.807, 2.05) is 61.0 Å². The lowest BCUT2D eigenvalue weighted by atomic mass is 9.69. The topological polar surface area (TPSA) is 140 Å². The van der Waals surface area contributed by atoms with Crippen LogP contribution in [0, 0.1) is 5.92 Å². The van der Waals surface area contributed by atoms with Crippen LogP contribution in [0.3, 0.4) is 0 Å². The fourth-order valence-electron chi connectivity index (χ4n) is 6.85. The molecule has 0 bridgehead atoms. The van der Waals surface area contributed by atoms with Crippen LogP contribution in [-0.2, 0) is 9.59 Å². The van der Waals surface area contributed by atoms with Gasteiger partial charge in [-0.1, -0.05) is 42.8 Å². The minimum atomic E-state index is -1.97. The summed E-state index contributed by atoms with van der Waals surface area (Å²) in [5.41, 5.74) is 0.294. The number of aliphatic hydroxyl groups excluding tert-OH is 1. The van der Waals surface area contributed by atoms with E-state index >= 15 is 0 Å². The molecule has 6 rings (SSSR count). The summed E-state index contributed by atoms with van der Waals surface area (Å²) in [6, 6.07) is 16.2. The number of ether oxygens (including phenoxy) is 3. The lowest BCUT2D eigenvalue weighted by Crippen LogP contribution is -2.53. The number of carbonyl (C=O) groups excluding carboxylic acids is 3. The second-order valence-electron chi connectivity index (χ2n) is 12.3. The summed E-state index contributed by atoms with van der Waals surface area (Å²) in [5, 5.41) is 15.4. The van der Waals surface area contributed by atoms with Gasteiger partial charge in [-0.25, -0.2) is 4.98 Å². The number of H-pyrrole nitrogens is 1. The number of methoxy groups -OCH3 is 2. The molecule has 3 N–H and O–H groups in total. The quantitative estimate of drug-likeness (QED) is 0.126. The van der Waals surface area contributed by atoms with E-state index in [2.05, 4.69) is 10.3 Å². The zero-order chi connectivity index (χ0) is 35.7. The molecule has 2 heterocycles. The number of hydrogen-bond donors (Lipinski definition) is 3. The van der Waals surface area contributed by atoms with Crippen LogP contribution in [0.4, 0.5) is 0 Å². The summed E-state index contributed by atoms with van der Waals surface area (Å²) >= 11 is 9.85. The van der Waals surface area contributed by atoms with Crippen molar-refractivity contribution >= 4 is 63.6 Å². The number of thioether (sulfide) groups is 2. The number of fused-ring (bicyclic) bond motifs is 2. The normalized spacial score (nSPS) is 19.8. The van der Waals surface area contributed by atoms with Crippen molar-refractivity contribution in [1.82, 2.24) is 15.3 Å². The van der Waals surface area contributed by atoms with Crippen LogP contribution in [0.2, 0.25) is 5.02 Å². The van der Waals surface area contributed by atoms with E-state index in [-0.39, 0.29) is 57.9 Å². The molecule has 1 spiro atoms. The standard InChI is InChI=1S/C37H38ClN3O7S2/c1-19-16-26(42)30(34(44)37(19)35(45)31-27(46-2)18-28(47-3)32(38)33(31)48-37)22(20-10-12-21(50-5)13-11-20)17-29(43)39-25(14-15-49-4)36-40-23-8-6-7-9-24(23)41-36/h6-13,18-19,22,25,44H,14-17H2,1-5H3,(H,39,43)(H,40,41)/t19-,22?,25+,37+/m1/s1. The highest BCUT2D eigenvalue weighted by atomic mass is 35.5. The Labute approximate surface area is 303 Å². The van der Waals surface area contributed by atoms with Crippen molar-refractivity contribution in [1.29, 1.82) is 0 Å². The number of halogens is 1. The Hall–Kier alpha value is -4.13. The van der Waals surface area contributed by atoms with Crippen molar-refractivity contribution in [2.75, 3.05) is 32.5 Å². The highest BCUT2D eigenvalue weighted by Crippen LogP contribution is 2.55. The van der Waals surface area contributed by atoms with Gasteiger partial charge in [0.2, 0.25) is 17.3 Å². The molecule has 10 nitrogen and oxygen atoms in total. The highest BCUT2D eigenvalue weighted by Gasteiger charge is 2.61. The maximum atomic E-state index is 14.4. The van der Waals surface area contributed by atoms with Crippen molar-refractivity contribution < 1.29 is 33.7 Å². The molecule has 0 saturated carbocycles. The number of nitrogens with zero attached hydrogens (tertiary/aromatic N) is 1. The molecule has 1 aromatic heterocycles. The first-order chi connectivity index (χ1) is 24.1. The fourth-order valence-corrected chi connectivity index (χ4v) is 7.99. The summed E-state index contributed by atoms with van der Waals surface area (Å²) in [5.74, 6) is -1.78. The van der Waals surface area contributed by atoms with Crippen molar-refractivity contribution in [2.24, 2.45) is 5.92 Å². The van der Waals surface area contributed by atoms with Gasteiger partial charge in [0.1, 0.15) is 27.9 Å². The maximum Gasteiger partial charge on any atom is 0.231 e. The number of carbonyl (C=O) groups is 3. The molecule has 0 saturated heterocycles. The third kappa shape index (κ3) is 6.22. The van der Waals surface area contributed by atoms with Gasteiger partial charge in [0.15, 0.2) is 17.3 Å². The van der Waals surface area contributed by atoms with E-state index in [1.54, 1.807) is 30.4 Å². The van der Waals surface area contributed by atoms with E-state index in [0.29, 0.717) is 17.8 Å². The summed E-state index contributed by atoms with van der Waals surface area (Å²) < 4.78 is 17.3. The van der Waals surface area contributed by atoms with Crippen LogP contribution in [0.5, 0.6) is 17.2 Å². The number of hydrogen-bond acceptors (Lipinski definition) is 10. The van der Waals surface area contributed by atoms with E-state index in [9.17, 15) is 19.5 Å². The Morgan fingerprint density at radius 1 is 1.14 bits per heavy atom. The lowest BCUT2D eigenvalue weighted by Gasteiger charge is -2.38. The van der Waals surface area contributed by atoms with Gasteiger partial charge in [-0.2, -0.15) is 11.8 Å². The van der Waals surface area contributed by atoms with Crippen molar-refractivity contribution in [3.05, 3.63) is 87.9 Å². The monoisotopic (exact) mass is 735 g/mol. The minimum absolute atomic E-state index is 0.000975. The summed E-state index contributed by atoms with van der Waals surface area (Å²) in [6.45, 7) is 1.67. The molecule has 50 heavy (non-hydrogen) atoms. The number of nitrogens with one attached hydrogen (secondary N) is 2. The van der Waals surface area contributed by atoms with Crippen LogP contribution in [-0.4, -0.2) is 70.6 Å². The Kier molecular flexibility index (Phi) is 10.4. The second-order valence-corrected chi connectivity index (χ2v) is 14.6. The van der Waals surface area contributed by atoms with Gasteiger partial charge < -0.3 is 29.6 Å². The fraction of sp³-hybridized carbons (Fsp3) is 0.351. The number of ketones is 2. The van der Waals surface area contributed by atoms with E-state index in [4.69, 9.17) is 30.8 Å². The summed E-state index contributed by atoms with van der Waals surface area (Å²) in [4.78, 5) is 51.6. The molecular formula is C37H38ClN3O7S2. The zero-order valence-electron chi connectivity index (χ0n) is 28.3. The first-order valence-electron chi connectivity index (χ1n) is 16.1. The molecule has 262 valence electrons. The largest absolute Gasteiger partial charge is 0.507 e. The highest BCUT2D eigenvalue weighted by molar-refractivity contribution is 7.98. The minimum Gasteiger partial charge on any atom is -0.507 e. The van der Waals surface area contributed by atoms with E-state index in [1.165, 1.54) is 20.3 Å². The Morgan fingerprint density at radius 2 is 1.86 bits per heavy atom. The number of Topliss-reactive ketones (excluding diaryl/α,β-unsaturated/α-hetero) is 2. The first kappa shape index (κ1) is 35.7.